The molecule has 0 fully saturated rings. The van der Waals surface area contributed by atoms with Gasteiger partial charge in [-0.2, -0.15) is 5.26 Å². The fourth-order valence-corrected chi connectivity index (χ4v) is 2.07. The molecule has 0 N–H and O–H groups in total. The minimum absolute atomic E-state index is 0.0840. The second-order valence-corrected chi connectivity index (χ2v) is 4.61. The van der Waals surface area contributed by atoms with Crippen LogP contribution in [0.25, 0.3) is 0 Å². The van der Waals surface area contributed by atoms with E-state index >= 15 is 0 Å². The Labute approximate surface area is 122 Å². The lowest BCUT2D eigenvalue weighted by atomic mass is 10.1. The van der Waals surface area contributed by atoms with Gasteiger partial charge in [0.25, 0.3) is 5.69 Å². The summed E-state index contributed by atoms with van der Waals surface area (Å²) < 4.78 is 0. The van der Waals surface area contributed by atoms with Crippen LogP contribution in [0.4, 0.5) is 11.4 Å². The molecule has 1 aromatic heterocycles. The Morgan fingerprint density at radius 3 is 2.71 bits per heavy atom. The van der Waals surface area contributed by atoms with Crippen molar-refractivity contribution in [2.45, 2.75) is 13.0 Å². The highest BCUT2D eigenvalue weighted by molar-refractivity contribution is 5.66. The van der Waals surface area contributed by atoms with Crippen molar-refractivity contribution < 1.29 is 4.92 Å². The Morgan fingerprint density at radius 2 is 2.14 bits per heavy atom. The third kappa shape index (κ3) is 2.98. The predicted molar refractivity (Wildman–Crippen MR) is 78.9 cm³/mol. The summed E-state index contributed by atoms with van der Waals surface area (Å²) in [6, 6.07) is 11.8. The van der Waals surface area contributed by atoms with Crippen molar-refractivity contribution in [3.8, 4) is 6.07 Å². The molecule has 1 atom stereocenters. The van der Waals surface area contributed by atoms with Crippen LogP contribution in [-0.2, 0) is 0 Å². The maximum absolute atomic E-state index is 11.2. The van der Waals surface area contributed by atoms with E-state index in [0.29, 0.717) is 5.69 Å². The average Bonchev–Trinajstić information content (AvgIpc) is 2.53. The number of pyridine rings is 1. The Kier molecular flexibility index (Phi) is 4.14. The maximum Gasteiger partial charge on any atom is 0.293 e. The third-order valence-corrected chi connectivity index (χ3v) is 3.38. The zero-order valence-corrected chi connectivity index (χ0v) is 11.7. The molecule has 0 saturated heterocycles. The number of aromatic nitrogens is 1. The first-order valence-electron chi connectivity index (χ1n) is 6.37. The molecule has 0 radical (unpaired) electrons. The molecule has 0 unspecified atom stereocenters. The summed E-state index contributed by atoms with van der Waals surface area (Å²) in [6.07, 6.45) is 1.69. The largest absolute Gasteiger partial charge is 0.361 e. The second-order valence-electron chi connectivity index (χ2n) is 4.61. The first-order chi connectivity index (χ1) is 10.0. The van der Waals surface area contributed by atoms with E-state index in [0.717, 1.165) is 5.69 Å². The summed E-state index contributed by atoms with van der Waals surface area (Å²) in [5, 5.41) is 20.1. The lowest BCUT2D eigenvalue weighted by Crippen LogP contribution is -2.23. The van der Waals surface area contributed by atoms with E-state index < -0.39 is 4.92 Å². The topological polar surface area (TPSA) is 83.1 Å². The molecule has 2 aromatic rings. The fourth-order valence-electron chi connectivity index (χ4n) is 2.07. The van der Waals surface area contributed by atoms with Gasteiger partial charge in [0.15, 0.2) is 0 Å². The molecule has 0 aliphatic rings. The fraction of sp³-hybridized carbons (Fsp3) is 0.200. The average molecular weight is 282 g/mol. The molecular weight excluding hydrogens is 268 g/mol. The number of rotatable bonds is 4. The number of anilines is 1. The van der Waals surface area contributed by atoms with Crippen molar-refractivity contribution in [3.63, 3.8) is 0 Å². The number of hydrogen-bond acceptors (Lipinski definition) is 5. The van der Waals surface area contributed by atoms with Gasteiger partial charge in [-0.1, -0.05) is 6.07 Å². The normalized spacial score (nSPS) is 11.5. The molecule has 21 heavy (non-hydrogen) atoms. The van der Waals surface area contributed by atoms with E-state index in [4.69, 9.17) is 5.26 Å². The quantitative estimate of drug-likeness (QED) is 0.635. The van der Waals surface area contributed by atoms with Gasteiger partial charge in [-0.15, -0.1) is 0 Å². The van der Waals surface area contributed by atoms with E-state index in [9.17, 15) is 10.1 Å². The van der Waals surface area contributed by atoms with Crippen LogP contribution in [-0.4, -0.2) is 17.0 Å². The molecule has 0 spiro atoms. The van der Waals surface area contributed by atoms with Crippen molar-refractivity contribution in [2.75, 3.05) is 11.9 Å². The lowest BCUT2D eigenvalue weighted by Gasteiger charge is -2.26. The number of nitro groups is 1. The van der Waals surface area contributed by atoms with Gasteiger partial charge in [0, 0.05) is 19.3 Å². The SMILES string of the molecule is C[C@@H](c1ccccn1)N(C)c1ccc(C#N)cc1[N+](=O)[O-]. The lowest BCUT2D eigenvalue weighted by molar-refractivity contribution is -0.384. The summed E-state index contributed by atoms with van der Waals surface area (Å²) >= 11 is 0. The number of hydrogen-bond donors (Lipinski definition) is 0. The molecule has 0 saturated carbocycles. The van der Waals surface area contributed by atoms with Gasteiger partial charge in [0.05, 0.1) is 28.3 Å². The Morgan fingerprint density at radius 1 is 1.38 bits per heavy atom. The van der Waals surface area contributed by atoms with Gasteiger partial charge < -0.3 is 4.90 Å². The zero-order valence-electron chi connectivity index (χ0n) is 11.7. The van der Waals surface area contributed by atoms with Gasteiger partial charge >= 0.3 is 0 Å². The third-order valence-electron chi connectivity index (χ3n) is 3.38. The van der Waals surface area contributed by atoms with Crippen LogP contribution in [0.1, 0.15) is 24.2 Å². The molecule has 106 valence electrons. The molecular formula is C15H14N4O2. The van der Waals surface area contributed by atoms with E-state index in [2.05, 4.69) is 4.98 Å². The number of nitrogens with zero attached hydrogens (tertiary/aromatic N) is 4. The minimum atomic E-state index is -0.474. The Bertz CT molecular complexity index is 695. The molecule has 1 heterocycles. The highest BCUT2D eigenvalue weighted by Crippen LogP contribution is 2.33. The van der Waals surface area contributed by atoms with Gasteiger partial charge in [-0.25, -0.2) is 0 Å². The summed E-state index contributed by atoms with van der Waals surface area (Å²) in [4.78, 5) is 16.8. The number of nitriles is 1. The van der Waals surface area contributed by atoms with E-state index in [1.807, 2.05) is 31.2 Å². The molecule has 1 aromatic carbocycles. The van der Waals surface area contributed by atoms with Crippen LogP contribution >= 0.6 is 0 Å². The van der Waals surface area contributed by atoms with Gasteiger partial charge in [0.1, 0.15) is 5.69 Å². The standard InChI is InChI=1S/C15H14N4O2/c1-11(13-5-3-4-8-17-13)18(2)14-7-6-12(10-16)9-15(14)19(20)21/h3-9,11H,1-2H3/t11-/m0/s1. The number of nitro benzene ring substituents is 1. The highest BCUT2D eigenvalue weighted by Gasteiger charge is 2.22. The first-order valence-corrected chi connectivity index (χ1v) is 6.37. The van der Waals surface area contributed by atoms with Crippen molar-refractivity contribution >= 4 is 11.4 Å². The molecule has 0 aliphatic carbocycles. The summed E-state index contributed by atoms with van der Waals surface area (Å²) in [5.74, 6) is 0. The second kappa shape index (κ2) is 6.01. The number of benzene rings is 1. The molecule has 0 bridgehead atoms. The summed E-state index contributed by atoms with van der Waals surface area (Å²) in [7, 11) is 1.77. The van der Waals surface area contributed by atoms with Crippen molar-refractivity contribution in [1.29, 1.82) is 5.26 Å². The van der Waals surface area contributed by atoms with E-state index in [1.54, 1.807) is 30.3 Å². The van der Waals surface area contributed by atoms with E-state index in [1.165, 1.54) is 6.07 Å². The predicted octanol–water partition coefficient (Wildman–Crippen LogP) is 3.06. The maximum atomic E-state index is 11.2. The van der Waals surface area contributed by atoms with E-state index in [-0.39, 0.29) is 17.3 Å². The van der Waals surface area contributed by atoms with Crippen LogP contribution in [0.5, 0.6) is 0 Å². The summed E-state index contributed by atoms with van der Waals surface area (Å²) in [6.45, 7) is 1.92. The molecule has 2 rings (SSSR count). The van der Waals surface area contributed by atoms with Gasteiger partial charge in [0.2, 0.25) is 0 Å². The van der Waals surface area contributed by atoms with Gasteiger partial charge in [-0.05, 0) is 31.2 Å². The van der Waals surface area contributed by atoms with Crippen LogP contribution in [0.3, 0.4) is 0 Å². The van der Waals surface area contributed by atoms with Crippen LogP contribution < -0.4 is 4.90 Å². The monoisotopic (exact) mass is 282 g/mol. The van der Waals surface area contributed by atoms with Crippen molar-refractivity contribution in [1.82, 2.24) is 4.98 Å². The van der Waals surface area contributed by atoms with Crippen molar-refractivity contribution in [3.05, 3.63) is 64.0 Å². The molecule has 6 heteroatoms. The summed E-state index contributed by atoms with van der Waals surface area (Å²) in [5.41, 5.74) is 1.46. The van der Waals surface area contributed by atoms with Crippen molar-refractivity contribution in [2.24, 2.45) is 0 Å². The van der Waals surface area contributed by atoms with Crippen LogP contribution in [0.15, 0.2) is 42.6 Å². The van der Waals surface area contributed by atoms with Gasteiger partial charge in [-0.3, -0.25) is 15.1 Å². The molecule has 0 aliphatic heterocycles. The first kappa shape index (κ1) is 14.5. The van der Waals surface area contributed by atoms with Crippen LogP contribution in [0, 0.1) is 21.4 Å². The molecule has 6 nitrogen and oxygen atoms in total. The Hall–Kier alpha value is -2.94. The zero-order chi connectivity index (χ0) is 15.4. The highest BCUT2D eigenvalue weighted by atomic mass is 16.6. The Balaban J connectivity index is 2.42. The minimum Gasteiger partial charge on any atom is -0.361 e. The van der Waals surface area contributed by atoms with Crippen LogP contribution in [0.2, 0.25) is 0 Å². The molecule has 0 amide bonds. The smallest absolute Gasteiger partial charge is 0.293 e.